The number of unbranched alkanes of at least 4 members (excludes halogenated alkanes) is 6. The number of carbonyl (C=O) groups excluding carboxylic acids is 4. The van der Waals surface area contributed by atoms with Crippen LogP contribution >= 0.6 is 11.6 Å². The topological polar surface area (TPSA) is 188 Å². The monoisotopic (exact) mass is 953 g/mol. The molecule has 354 valence electrons. The van der Waals surface area contributed by atoms with Gasteiger partial charge in [-0.15, -0.1) is 5.10 Å². The Morgan fingerprint density at radius 3 is 2.38 bits per heavy atom. The molecule has 0 saturated carbocycles. The number of halogens is 3. The highest BCUT2D eigenvalue weighted by atomic mass is 35.5. The Balaban J connectivity index is 0.649. The Kier molecular flexibility index (Phi) is 14.5. The largest absolute Gasteiger partial charge is 0.326 e. The van der Waals surface area contributed by atoms with Gasteiger partial charge in [0.15, 0.2) is 0 Å². The summed E-state index contributed by atoms with van der Waals surface area (Å²) in [4.78, 5) is 64.9. The number of benzene rings is 4. The molecule has 4 N–H and O–H groups in total. The molecule has 4 amide bonds. The molecule has 0 spiro atoms. The number of anilines is 3. The molecule has 1 unspecified atom stereocenters. The van der Waals surface area contributed by atoms with E-state index in [0.717, 1.165) is 80.5 Å². The lowest BCUT2D eigenvalue weighted by atomic mass is 9.95. The summed E-state index contributed by atoms with van der Waals surface area (Å²) in [5.41, 5.74) is 6.64. The highest BCUT2D eigenvalue weighted by Gasteiger charge is 2.39. The molecule has 15 nitrogen and oxygen atoms in total. The minimum Gasteiger partial charge on any atom is -0.326 e. The number of piperidine rings is 1. The van der Waals surface area contributed by atoms with E-state index in [-0.39, 0.29) is 48.5 Å². The summed E-state index contributed by atoms with van der Waals surface area (Å²) < 4.78 is 31.7. The summed E-state index contributed by atoms with van der Waals surface area (Å²) in [7, 11) is 0. The first-order valence-electron chi connectivity index (χ1n) is 23.3. The van der Waals surface area contributed by atoms with Crippen LogP contribution in [0.3, 0.4) is 0 Å². The van der Waals surface area contributed by atoms with Crippen molar-refractivity contribution in [3.8, 4) is 22.5 Å². The van der Waals surface area contributed by atoms with Gasteiger partial charge in [-0.3, -0.25) is 34.2 Å². The van der Waals surface area contributed by atoms with E-state index in [0.29, 0.717) is 64.0 Å². The molecule has 2 aromatic heterocycles. The van der Waals surface area contributed by atoms with Crippen molar-refractivity contribution in [2.24, 2.45) is 4.99 Å². The lowest BCUT2D eigenvalue weighted by Crippen LogP contribution is -2.52. The van der Waals surface area contributed by atoms with Gasteiger partial charge in [0.1, 0.15) is 23.4 Å². The van der Waals surface area contributed by atoms with Crippen LogP contribution in [0.2, 0.25) is 5.02 Å². The Morgan fingerprint density at radius 1 is 0.826 bits per heavy atom. The smallest absolute Gasteiger partial charge is 0.255 e. The van der Waals surface area contributed by atoms with E-state index in [1.807, 2.05) is 35.1 Å². The fourth-order valence-corrected chi connectivity index (χ4v) is 9.10. The number of fused-ring (bicyclic) bond motifs is 4. The van der Waals surface area contributed by atoms with Gasteiger partial charge in [0.2, 0.25) is 23.7 Å². The zero-order valence-electron chi connectivity index (χ0n) is 37.7. The van der Waals surface area contributed by atoms with E-state index in [1.165, 1.54) is 23.1 Å². The molecule has 5 heterocycles. The number of carbonyl (C=O) groups is 4. The maximum Gasteiger partial charge on any atom is 0.255 e. The standard InChI is InChI=1S/C51H50ClF2N11O4/c52-34-14-18-38-39(26-34)48(46-40(53)9-8-10-41(46)54)56-27-33-28-57-51(61-47(33)38)59-35-15-12-31(13-16-35)42-30-64(63-62-42)24-23-55-22-7-5-3-1-2-4-6-11-44(66)58-36-17-19-37-32(25-36)29-65(50(37)69)43-20-21-45(67)60-49(43)68/h8-10,12-19,25-26,28,30,43,55H,1-7,11,20-24,27,29H2,(H,58,66)(H,57,59,61)(H,60,67,68). The van der Waals surface area contributed by atoms with E-state index in [1.54, 1.807) is 42.6 Å². The maximum absolute atomic E-state index is 15.0. The molecule has 18 heteroatoms. The number of hydrogen-bond donors (Lipinski definition) is 4. The van der Waals surface area contributed by atoms with E-state index >= 15 is 0 Å². The zero-order valence-corrected chi connectivity index (χ0v) is 38.5. The third-order valence-electron chi connectivity index (χ3n) is 12.5. The molecular formula is C51H50ClF2N11O4. The van der Waals surface area contributed by atoms with Crippen LogP contribution in [0.1, 0.15) is 96.8 Å². The predicted octanol–water partition coefficient (Wildman–Crippen LogP) is 8.54. The summed E-state index contributed by atoms with van der Waals surface area (Å²) in [5.74, 6) is -2.16. The summed E-state index contributed by atoms with van der Waals surface area (Å²) in [5, 5.41) is 21.1. The highest BCUT2D eigenvalue weighted by Crippen LogP contribution is 2.35. The zero-order chi connectivity index (χ0) is 47.9. The molecular weight excluding hydrogens is 904 g/mol. The van der Waals surface area contributed by atoms with Gasteiger partial charge in [-0.2, -0.15) is 0 Å². The first kappa shape index (κ1) is 46.9. The number of rotatable bonds is 19. The molecule has 9 rings (SSSR count). The van der Waals surface area contributed by atoms with E-state index in [2.05, 4.69) is 41.6 Å². The minimum atomic E-state index is -0.717. The average Bonchev–Trinajstić information content (AvgIpc) is 3.90. The van der Waals surface area contributed by atoms with Gasteiger partial charge in [0.05, 0.1) is 36.3 Å². The molecule has 1 saturated heterocycles. The van der Waals surface area contributed by atoms with Gasteiger partial charge < -0.3 is 20.9 Å². The average molecular weight is 954 g/mol. The molecule has 0 bridgehead atoms. The van der Waals surface area contributed by atoms with Crippen LogP contribution in [0, 0.1) is 11.6 Å². The highest BCUT2D eigenvalue weighted by molar-refractivity contribution is 6.31. The second-order valence-corrected chi connectivity index (χ2v) is 17.8. The molecule has 6 aromatic rings. The van der Waals surface area contributed by atoms with Crippen LogP contribution in [-0.2, 0) is 34.0 Å². The van der Waals surface area contributed by atoms with Crippen LogP contribution in [0.25, 0.3) is 22.5 Å². The second-order valence-electron chi connectivity index (χ2n) is 17.4. The van der Waals surface area contributed by atoms with Crippen LogP contribution in [-0.4, -0.2) is 78.3 Å². The van der Waals surface area contributed by atoms with Crippen molar-refractivity contribution in [3.05, 3.63) is 136 Å². The number of hydrogen-bond acceptors (Lipinski definition) is 11. The fourth-order valence-electron chi connectivity index (χ4n) is 8.93. The van der Waals surface area contributed by atoms with E-state index < -0.39 is 23.6 Å². The number of amides is 4. The molecule has 69 heavy (non-hydrogen) atoms. The third kappa shape index (κ3) is 11.1. The van der Waals surface area contributed by atoms with Crippen molar-refractivity contribution in [1.82, 2.24) is 40.5 Å². The van der Waals surface area contributed by atoms with Crippen molar-refractivity contribution >= 4 is 58.3 Å². The maximum atomic E-state index is 15.0. The SMILES string of the molecule is O=C1CCC(N2Cc3cc(NC(=O)CCCCCCCCCNCCn4cc(-c5ccc(Nc6ncc7c(n6)-c6ccc(Cl)cc6C(c6c(F)cccc6F)=NC7)cc5)nn4)ccc3C2=O)C(=O)N1. The van der Waals surface area contributed by atoms with Crippen molar-refractivity contribution in [3.63, 3.8) is 0 Å². The Labute approximate surface area is 402 Å². The van der Waals surface area contributed by atoms with Crippen LogP contribution in [0.15, 0.2) is 96.2 Å². The van der Waals surface area contributed by atoms with Gasteiger partial charge in [-0.05, 0) is 86.0 Å². The molecule has 1 fully saturated rings. The summed E-state index contributed by atoms with van der Waals surface area (Å²) in [6, 6.07) is 21.1. The van der Waals surface area contributed by atoms with Crippen molar-refractivity contribution < 1.29 is 28.0 Å². The molecule has 0 aliphatic carbocycles. The number of nitrogens with zero attached hydrogens (tertiary/aromatic N) is 7. The van der Waals surface area contributed by atoms with Crippen molar-refractivity contribution in [2.45, 2.75) is 89.9 Å². The van der Waals surface area contributed by atoms with E-state index in [4.69, 9.17) is 16.6 Å². The van der Waals surface area contributed by atoms with Crippen LogP contribution < -0.4 is 21.3 Å². The van der Waals surface area contributed by atoms with Crippen molar-refractivity contribution in [2.75, 3.05) is 23.7 Å². The van der Waals surface area contributed by atoms with Gasteiger partial charge in [0.25, 0.3) is 5.91 Å². The van der Waals surface area contributed by atoms with Gasteiger partial charge in [0, 0.05) is 76.3 Å². The number of nitrogens with one attached hydrogen (secondary N) is 4. The third-order valence-corrected chi connectivity index (χ3v) is 12.8. The first-order valence-corrected chi connectivity index (χ1v) is 23.7. The normalized spacial score (nSPS) is 15.2. The lowest BCUT2D eigenvalue weighted by molar-refractivity contribution is -0.137. The first-order chi connectivity index (χ1) is 33.6. The van der Waals surface area contributed by atoms with Crippen LogP contribution in [0.5, 0.6) is 0 Å². The van der Waals surface area contributed by atoms with Crippen LogP contribution in [0.4, 0.5) is 26.1 Å². The minimum absolute atomic E-state index is 0.0652. The number of imide groups is 1. The Bertz CT molecular complexity index is 2920. The molecule has 0 radical (unpaired) electrons. The molecule has 3 aliphatic heterocycles. The second kappa shape index (κ2) is 21.4. The van der Waals surface area contributed by atoms with Crippen molar-refractivity contribution in [1.29, 1.82) is 0 Å². The molecule has 1 atom stereocenters. The Hall–Kier alpha value is -7.24. The summed E-state index contributed by atoms with van der Waals surface area (Å²) >= 11 is 6.37. The molecule has 4 aromatic carbocycles. The lowest BCUT2D eigenvalue weighted by Gasteiger charge is -2.29. The quantitative estimate of drug-likeness (QED) is 0.0453. The van der Waals surface area contributed by atoms with Gasteiger partial charge in [-0.1, -0.05) is 73.2 Å². The summed E-state index contributed by atoms with van der Waals surface area (Å²) in [6.45, 7) is 2.76. The number of aromatic nitrogens is 5. The molecule has 3 aliphatic rings. The fraction of sp³-hybridized carbons (Fsp3) is 0.314. The number of aliphatic imine (C=N–C) groups is 1. The van der Waals surface area contributed by atoms with E-state index in [9.17, 15) is 28.0 Å². The van der Waals surface area contributed by atoms with Gasteiger partial charge >= 0.3 is 0 Å². The Morgan fingerprint density at radius 2 is 1.58 bits per heavy atom. The van der Waals surface area contributed by atoms with Gasteiger partial charge in [-0.25, -0.2) is 18.7 Å². The predicted molar refractivity (Wildman–Crippen MR) is 258 cm³/mol. The summed E-state index contributed by atoms with van der Waals surface area (Å²) in [6.07, 6.45) is 11.8.